The molecule has 110 valence electrons. The molecule has 1 aromatic carbocycles. The van der Waals surface area contributed by atoms with E-state index in [0.717, 1.165) is 5.56 Å². The minimum absolute atomic E-state index is 0.0830. The summed E-state index contributed by atoms with van der Waals surface area (Å²) in [5.41, 5.74) is 3.18. The topological polar surface area (TPSA) is 93.4 Å². The van der Waals surface area contributed by atoms with Gasteiger partial charge in [-0.05, 0) is 30.0 Å². The second kappa shape index (κ2) is 6.38. The highest BCUT2D eigenvalue weighted by atomic mass is 16.5. The van der Waals surface area contributed by atoms with Gasteiger partial charge in [0.1, 0.15) is 5.75 Å². The summed E-state index contributed by atoms with van der Waals surface area (Å²) in [4.78, 5) is 22.8. The Morgan fingerprint density at radius 3 is 2.40 bits per heavy atom. The molecular weight excluding hydrogens is 258 g/mol. The number of hydrazine groups is 1. The highest BCUT2D eigenvalue weighted by molar-refractivity contribution is 6.39. The average molecular weight is 279 g/mol. The molecule has 0 fully saturated rings. The summed E-state index contributed by atoms with van der Waals surface area (Å²) >= 11 is 0. The van der Waals surface area contributed by atoms with E-state index >= 15 is 0 Å². The predicted octanol–water partition coefficient (Wildman–Crippen LogP) is 1.31. The SMILES string of the molecule is CCOc1ccc(C(C)(C)C)cc1NC(=O)C(=O)NN. The van der Waals surface area contributed by atoms with Gasteiger partial charge in [-0.25, -0.2) is 5.84 Å². The number of nitrogens with one attached hydrogen (secondary N) is 2. The molecule has 6 nitrogen and oxygen atoms in total. The van der Waals surface area contributed by atoms with Gasteiger partial charge in [0.25, 0.3) is 0 Å². The predicted molar refractivity (Wildman–Crippen MR) is 77.3 cm³/mol. The third-order valence-corrected chi connectivity index (χ3v) is 2.73. The number of amides is 2. The molecule has 0 aliphatic heterocycles. The van der Waals surface area contributed by atoms with Crippen LogP contribution in [0.15, 0.2) is 18.2 Å². The number of ether oxygens (including phenoxy) is 1. The van der Waals surface area contributed by atoms with Crippen molar-refractivity contribution in [2.75, 3.05) is 11.9 Å². The zero-order valence-electron chi connectivity index (χ0n) is 12.2. The van der Waals surface area contributed by atoms with Crippen LogP contribution in [0.25, 0.3) is 0 Å². The van der Waals surface area contributed by atoms with Crippen LogP contribution in [0.1, 0.15) is 33.3 Å². The van der Waals surface area contributed by atoms with Gasteiger partial charge in [-0.15, -0.1) is 0 Å². The third kappa shape index (κ3) is 3.96. The number of carbonyl (C=O) groups is 2. The number of anilines is 1. The van der Waals surface area contributed by atoms with Gasteiger partial charge in [-0.2, -0.15) is 0 Å². The monoisotopic (exact) mass is 279 g/mol. The smallest absolute Gasteiger partial charge is 0.323 e. The molecular formula is C14H21N3O3. The number of hydrogen-bond acceptors (Lipinski definition) is 4. The Labute approximate surface area is 118 Å². The van der Waals surface area contributed by atoms with Crippen molar-refractivity contribution in [2.24, 2.45) is 5.84 Å². The van der Waals surface area contributed by atoms with Crippen LogP contribution in [0.5, 0.6) is 5.75 Å². The Morgan fingerprint density at radius 2 is 1.90 bits per heavy atom. The lowest BCUT2D eigenvalue weighted by atomic mass is 9.87. The van der Waals surface area contributed by atoms with Crippen LogP contribution < -0.4 is 21.3 Å². The molecule has 4 N–H and O–H groups in total. The van der Waals surface area contributed by atoms with Crippen LogP contribution in [-0.4, -0.2) is 18.4 Å². The fourth-order valence-electron chi connectivity index (χ4n) is 1.62. The van der Waals surface area contributed by atoms with Crippen molar-refractivity contribution < 1.29 is 14.3 Å². The maximum Gasteiger partial charge on any atom is 0.323 e. The van der Waals surface area contributed by atoms with E-state index < -0.39 is 11.8 Å². The minimum Gasteiger partial charge on any atom is -0.492 e. The van der Waals surface area contributed by atoms with E-state index in [1.807, 2.05) is 13.0 Å². The Bertz CT molecular complexity index is 507. The van der Waals surface area contributed by atoms with Crippen molar-refractivity contribution in [1.82, 2.24) is 5.43 Å². The van der Waals surface area contributed by atoms with Crippen LogP contribution in [0.3, 0.4) is 0 Å². The van der Waals surface area contributed by atoms with Crippen molar-refractivity contribution in [1.29, 1.82) is 0 Å². The summed E-state index contributed by atoms with van der Waals surface area (Å²) in [5, 5.41) is 2.50. The maximum atomic E-state index is 11.6. The average Bonchev–Trinajstić information content (AvgIpc) is 2.38. The van der Waals surface area contributed by atoms with E-state index in [4.69, 9.17) is 10.6 Å². The number of rotatable bonds is 3. The van der Waals surface area contributed by atoms with Gasteiger partial charge in [0, 0.05) is 0 Å². The zero-order chi connectivity index (χ0) is 15.3. The van der Waals surface area contributed by atoms with E-state index in [2.05, 4.69) is 26.1 Å². The Morgan fingerprint density at radius 1 is 1.25 bits per heavy atom. The highest BCUT2D eigenvalue weighted by Gasteiger charge is 2.19. The van der Waals surface area contributed by atoms with Crippen molar-refractivity contribution in [3.8, 4) is 5.75 Å². The molecule has 0 aromatic heterocycles. The molecule has 0 heterocycles. The summed E-state index contributed by atoms with van der Waals surface area (Å²) in [7, 11) is 0. The van der Waals surface area contributed by atoms with Gasteiger partial charge >= 0.3 is 11.8 Å². The molecule has 0 radical (unpaired) electrons. The van der Waals surface area contributed by atoms with Gasteiger partial charge in [0.05, 0.1) is 12.3 Å². The van der Waals surface area contributed by atoms with Crippen LogP contribution >= 0.6 is 0 Å². The Kier molecular flexibility index (Phi) is 5.10. The summed E-state index contributed by atoms with van der Waals surface area (Å²) in [5.74, 6) is 3.70. The van der Waals surface area contributed by atoms with E-state index in [-0.39, 0.29) is 5.41 Å². The third-order valence-electron chi connectivity index (χ3n) is 2.73. The lowest BCUT2D eigenvalue weighted by Crippen LogP contribution is -2.39. The van der Waals surface area contributed by atoms with Gasteiger partial charge in [0.2, 0.25) is 0 Å². The normalized spacial score (nSPS) is 10.8. The first-order valence-corrected chi connectivity index (χ1v) is 6.38. The molecule has 0 aliphatic rings. The molecule has 0 atom stereocenters. The number of hydrogen-bond donors (Lipinski definition) is 3. The molecule has 2 amide bonds. The minimum atomic E-state index is -0.909. The van der Waals surface area contributed by atoms with Gasteiger partial charge < -0.3 is 10.1 Å². The molecule has 1 aromatic rings. The van der Waals surface area contributed by atoms with E-state index in [9.17, 15) is 9.59 Å². The fraction of sp³-hybridized carbons (Fsp3) is 0.429. The summed E-state index contributed by atoms with van der Waals surface area (Å²) in [6.07, 6.45) is 0. The molecule has 0 unspecified atom stereocenters. The Balaban J connectivity index is 3.12. The molecule has 0 saturated heterocycles. The molecule has 0 spiro atoms. The summed E-state index contributed by atoms with van der Waals surface area (Å²) in [6, 6.07) is 5.51. The quantitative estimate of drug-likeness (QED) is 0.336. The van der Waals surface area contributed by atoms with E-state index in [0.29, 0.717) is 18.0 Å². The molecule has 0 aliphatic carbocycles. The Hall–Kier alpha value is -2.08. The largest absolute Gasteiger partial charge is 0.492 e. The lowest BCUT2D eigenvalue weighted by molar-refractivity contribution is -0.136. The number of carbonyl (C=O) groups excluding carboxylic acids is 2. The van der Waals surface area contributed by atoms with Gasteiger partial charge in [-0.1, -0.05) is 26.8 Å². The number of benzene rings is 1. The standard InChI is InChI=1S/C14H21N3O3/c1-5-20-11-7-6-9(14(2,3)4)8-10(11)16-12(18)13(19)17-15/h6-8H,5,15H2,1-4H3,(H,16,18)(H,17,19). The zero-order valence-corrected chi connectivity index (χ0v) is 12.2. The fourth-order valence-corrected chi connectivity index (χ4v) is 1.62. The summed E-state index contributed by atoms with van der Waals surface area (Å²) in [6.45, 7) is 8.47. The van der Waals surface area contributed by atoms with Gasteiger partial charge in [0.15, 0.2) is 0 Å². The second-order valence-electron chi connectivity index (χ2n) is 5.32. The number of nitrogens with two attached hydrogens (primary N) is 1. The molecule has 0 saturated carbocycles. The summed E-state index contributed by atoms with van der Waals surface area (Å²) < 4.78 is 5.44. The lowest BCUT2D eigenvalue weighted by Gasteiger charge is -2.21. The van der Waals surface area contributed by atoms with Crippen LogP contribution in [0.2, 0.25) is 0 Å². The van der Waals surface area contributed by atoms with Crippen molar-refractivity contribution in [3.05, 3.63) is 23.8 Å². The molecule has 20 heavy (non-hydrogen) atoms. The van der Waals surface area contributed by atoms with Crippen molar-refractivity contribution in [3.63, 3.8) is 0 Å². The molecule has 1 rings (SSSR count). The molecule has 6 heteroatoms. The first kappa shape index (κ1) is 16.0. The molecule has 0 bridgehead atoms. The van der Waals surface area contributed by atoms with Crippen LogP contribution in [-0.2, 0) is 15.0 Å². The highest BCUT2D eigenvalue weighted by Crippen LogP contribution is 2.31. The van der Waals surface area contributed by atoms with E-state index in [1.165, 1.54) is 0 Å². The van der Waals surface area contributed by atoms with Crippen molar-refractivity contribution >= 4 is 17.5 Å². The van der Waals surface area contributed by atoms with Crippen molar-refractivity contribution in [2.45, 2.75) is 33.1 Å². The van der Waals surface area contributed by atoms with E-state index in [1.54, 1.807) is 17.6 Å². The maximum absolute atomic E-state index is 11.6. The van der Waals surface area contributed by atoms with Crippen LogP contribution in [0, 0.1) is 0 Å². The second-order valence-corrected chi connectivity index (χ2v) is 5.32. The van der Waals surface area contributed by atoms with Gasteiger partial charge in [-0.3, -0.25) is 15.0 Å². The first-order chi connectivity index (χ1) is 9.29. The first-order valence-electron chi connectivity index (χ1n) is 6.38. The van der Waals surface area contributed by atoms with Crippen LogP contribution in [0.4, 0.5) is 5.69 Å².